The van der Waals surface area contributed by atoms with Crippen molar-refractivity contribution in [2.45, 2.75) is 0 Å². The van der Waals surface area contributed by atoms with Crippen LogP contribution in [0.15, 0.2) is 24.3 Å². The topological polar surface area (TPSA) is 150 Å². The van der Waals surface area contributed by atoms with Crippen molar-refractivity contribution in [2.75, 3.05) is 11.5 Å². The third-order valence-corrected chi connectivity index (χ3v) is 2.88. The van der Waals surface area contributed by atoms with E-state index in [9.17, 15) is 25.2 Å². The first kappa shape index (κ1) is 13.3. The highest BCUT2D eigenvalue weighted by Crippen LogP contribution is 2.38. The molecule has 2 aromatic carbocycles. The molecule has 0 fully saturated rings. The smallest absolute Gasteiger partial charge is 0.197 e. The van der Waals surface area contributed by atoms with Crippen molar-refractivity contribution in [1.82, 2.24) is 0 Å². The second kappa shape index (κ2) is 4.54. The van der Waals surface area contributed by atoms with Crippen LogP contribution in [0.4, 0.5) is 11.4 Å². The Morgan fingerprint density at radius 1 is 0.750 bits per heavy atom. The highest BCUT2D eigenvalue weighted by molar-refractivity contribution is 6.16. The summed E-state index contributed by atoms with van der Waals surface area (Å²) in [6.45, 7) is 0. The van der Waals surface area contributed by atoms with E-state index in [-0.39, 0.29) is 22.5 Å². The third-order valence-electron chi connectivity index (χ3n) is 2.88. The van der Waals surface area contributed by atoms with Gasteiger partial charge in [0.05, 0.1) is 11.4 Å². The van der Waals surface area contributed by atoms with Crippen molar-refractivity contribution in [3.63, 3.8) is 0 Å². The number of aromatic hydroxyl groups is 4. The molecule has 0 aliphatic heterocycles. The van der Waals surface area contributed by atoms with E-state index in [1.54, 1.807) is 0 Å². The van der Waals surface area contributed by atoms with Crippen LogP contribution in [0.5, 0.6) is 23.0 Å². The lowest BCUT2D eigenvalue weighted by Gasteiger charge is -2.11. The fraction of sp³-hybridized carbons (Fsp3) is 0. The van der Waals surface area contributed by atoms with Crippen LogP contribution in [0, 0.1) is 0 Å². The second-order valence-corrected chi connectivity index (χ2v) is 4.12. The van der Waals surface area contributed by atoms with Crippen molar-refractivity contribution < 1.29 is 25.2 Å². The Morgan fingerprint density at radius 3 is 1.45 bits per heavy atom. The molecule has 2 aromatic rings. The van der Waals surface area contributed by atoms with Crippen molar-refractivity contribution in [2.24, 2.45) is 0 Å². The lowest BCUT2D eigenvalue weighted by atomic mass is 9.99. The molecule has 0 bridgehead atoms. The third kappa shape index (κ3) is 1.91. The maximum absolute atomic E-state index is 12.3. The quantitative estimate of drug-likeness (QED) is 0.271. The molecular weight excluding hydrogens is 264 g/mol. The van der Waals surface area contributed by atoms with Gasteiger partial charge in [-0.1, -0.05) is 0 Å². The number of anilines is 2. The van der Waals surface area contributed by atoms with Crippen molar-refractivity contribution >= 4 is 17.2 Å². The van der Waals surface area contributed by atoms with Crippen LogP contribution in [0.1, 0.15) is 15.9 Å². The van der Waals surface area contributed by atoms with E-state index in [4.69, 9.17) is 11.5 Å². The number of hydrogen-bond acceptors (Lipinski definition) is 7. The van der Waals surface area contributed by atoms with Gasteiger partial charge in [0.15, 0.2) is 28.8 Å². The Hall–Kier alpha value is -3.09. The normalized spacial score (nSPS) is 10.4. The van der Waals surface area contributed by atoms with E-state index in [2.05, 4.69) is 0 Å². The van der Waals surface area contributed by atoms with Crippen molar-refractivity contribution in [1.29, 1.82) is 0 Å². The summed E-state index contributed by atoms with van der Waals surface area (Å²) in [5.41, 5.74) is 10.3. The summed E-state index contributed by atoms with van der Waals surface area (Å²) in [5.74, 6) is -2.80. The largest absolute Gasteiger partial charge is 0.504 e. The Kier molecular flexibility index (Phi) is 3.03. The number of nitrogen functional groups attached to an aromatic ring is 2. The van der Waals surface area contributed by atoms with Crippen molar-refractivity contribution in [3.05, 3.63) is 35.4 Å². The van der Waals surface area contributed by atoms with E-state index >= 15 is 0 Å². The molecular formula is C13H12N2O5. The molecule has 20 heavy (non-hydrogen) atoms. The van der Waals surface area contributed by atoms with Crippen LogP contribution < -0.4 is 11.5 Å². The minimum Gasteiger partial charge on any atom is -0.504 e. The summed E-state index contributed by atoms with van der Waals surface area (Å²) >= 11 is 0. The molecule has 2 rings (SSSR count). The molecule has 0 amide bonds. The van der Waals surface area contributed by atoms with Crippen LogP contribution in [-0.4, -0.2) is 26.2 Å². The molecule has 8 N–H and O–H groups in total. The summed E-state index contributed by atoms with van der Waals surface area (Å²) in [6, 6.07) is 4.65. The Balaban J connectivity index is 2.58. The van der Waals surface area contributed by atoms with Crippen LogP contribution >= 0.6 is 0 Å². The Labute approximate surface area is 113 Å². The molecule has 0 spiro atoms. The van der Waals surface area contributed by atoms with Crippen LogP contribution in [-0.2, 0) is 0 Å². The van der Waals surface area contributed by atoms with Crippen molar-refractivity contribution in [3.8, 4) is 23.0 Å². The number of carbonyl (C=O) groups excluding carboxylic acids is 1. The van der Waals surface area contributed by atoms with Crippen LogP contribution in [0.2, 0.25) is 0 Å². The van der Waals surface area contributed by atoms with Gasteiger partial charge < -0.3 is 31.9 Å². The SMILES string of the molecule is Nc1c(C(=O)c2ccc(O)c(O)c2N)ccc(O)c1O. The average molecular weight is 276 g/mol. The van der Waals surface area contributed by atoms with Crippen LogP contribution in [0.25, 0.3) is 0 Å². The molecule has 7 heteroatoms. The predicted octanol–water partition coefficient (Wildman–Crippen LogP) is 0.904. The fourth-order valence-electron chi connectivity index (χ4n) is 1.73. The van der Waals surface area contributed by atoms with Gasteiger partial charge in [-0.3, -0.25) is 4.79 Å². The van der Waals surface area contributed by atoms with Gasteiger partial charge in [0.2, 0.25) is 0 Å². The molecule has 0 aromatic heterocycles. The molecule has 0 aliphatic rings. The Bertz CT molecular complexity index is 653. The van der Waals surface area contributed by atoms with Crippen LogP contribution in [0.3, 0.4) is 0 Å². The zero-order chi connectivity index (χ0) is 15.0. The number of hydrogen-bond donors (Lipinski definition) is 6. The van der Waals surface area contributed by atoms with Gasteiger partial charge >= 0.3 is 0 Å². The fourth-order valence-corrected chi connectivity index (χ4v) is 1.73. The molecule has 0 aliphatic carbocycles. The molecule has 0 atom stereocenters. The van der Waals surface area contributed by atoms with Gasteiger partial charge in [0.1, 0.15) is 0 Å². The molecule has 0 unspecified atom stereocenters. The number of ketones is 1. The van der Waals surface area contributed by atoms with Gasteiger partial charge in [0.25, 0.3) is 0 Å². The van der Waals surface area contributed by atoms with E-state index in [1.807, 2.05) is 0 Å². The van der Waals surface area contributed by atoms with Gasteiger partial charge in [-0.05, 0) is 24.3 Å². The minimum atomic E-state index is -0.661. The maximum Gasteiger partial charge on any atom is 0.197 e. The Morgan fingerprint density at radius 2 is 1.10 bits per heavy atom. The summed E-state index contributed by atoms with van der Waals surface area (Å²) in [4.78, 5) is 12.3. The molecule has 0 radical (unpaired) electrons. The number of nitrogens with two attached hydrogens (primary N) is 2. The molecule has 0 saturated carbocycles. The summed E-state index contributed by atoms with van der Waals surface area (Å²) < 4.78 is 0. The van der Waals surface area contributed by atoms with E-state index in [1.165, 1.54) is 12.1 Å². The predicted molar refractivity (Wildman–Crippen MR) is 71.8 cm³/mol. The standard InChI is InChI=1S/C13H12N2O5/c14-9-5(1-3-7(16)12(9)19)11(18)6-2-4-8(17)13(20)10(6)15/h1-4,16-17,19-20H,14-15H2. The molecule has 0 saturated heterocycles. The van der Waals surface area contributed by atoms with Gasteiger partial charge in [-0.25, -0.2) is 0 Å². The highest BCUT2D eigenvalue weighted by atomic mass is 16.3. The summed E-state index contributed by atoms with van der Waals surface area (Å²) in [5, 5.41) is 37.6. The van der Waals surface area contributed by atoms with E-state index in [0.717, 1.165) is 12.1 Å². The van der Waals surface area contributed by atoms with Gasteiger partial charge in [-0.15, -0.1) is 0 Å². The minimum absolute atomic E-state index is 0.0860. The lowest BCUT2D eigenvalue weighted by molar-refractivity contribution is 0.103. The molecule has 0 heterocycles. The monoisotopic (exact) mass is 276 g/mol. The maximum atomic E-state index is 12.3. The summed E-state index contributed by atoms with van der Waals surface area (Å²) in [7, 11) is 0. The lowest BCUT2D eigenvalue weighted by Crippen LogP contribution is -2.08. The number of benzene rings is 2. The first-order chi connectivity index (χ1) is 9.34. The zero-order valence-electron chi connectivity index (χ0n) is 10.2. The first-order valence-electron chi connectivity index (χ1n) is 5.50. The number of rotatable bonds is 2. The van der Waals surface area contributed by atoms with E-state index < -0.39 is 28.8 Å². The number of carbonyl (C=O) groups is 1. The van der Waals surface area contributed by atoms with Gasteiger partial charge in [-0.2, -0.15) is 0 Å². The first-order valence-corrected chi connectivity index (χ1v) is 5.50. The highest BCUT2D eigenvalue weighted by Gasteiger charge is 2.21. The van der Waals surface area contributed by atoms with E-state index in [0.29, 0.717) is 0 Å². The van der Waals surface area contributed by atoms with Gasteiger partial charge in [0, 0.05) is 11.1 Å². The molecule has 104 valence electrons. The number of phenols is 4. The second-order valence-electron chi connectivity index (χ2n) is 4.12. The molecule has 7 nitrogen and oxygen atoms in total. The zero-order valence-corrected chi connectivity index (χ0v) is 10.2. The summed E-state index contributed by atoms with van der Waals surface area (Å²) in [6.07, 6.45) is 0. The average Bonchev–Trinajstić information content (AvgIpc) is 2.42. The number of phenolic OH excluding ortho intramolecular Hbond substituents is 4.